The third-order valence-corrected chi connectivity index (χ3v) is 3.29. The third kappa shape index (κ3) is 2.40. The van der Waals surface area contributed by atoms with Gasteiger partial charge in [0.25, 0.3) is 5.91 Å². The van der Waals surface area contributed by atoms with E-state index < -0.39 is 0 Å². The molecule has 0 spiro atoms. The van der Waals surface area contributed by atoms with Gasteiger partial charge in [0.1, 0.15) is 11.3 Å². The zero-order valence-electron chi connectivity index (χ0n) is 10.9. The third-order valence-electron chi connectivity index (χ3n) is 3.07. The van der Waals surface area contributed by atoms with Gasteiger partial charge in [-0.25, -0.2) is 4.98 Å². The summed E-state index contributed by atoms with van der Waals surface area (Å²) in [6.45, 7) is 0.378. The molecular formula is C14H13ClN4O. The van der Waals surface area contributed by atoms with Gasteiger partial charge in [0, 0.05) is 25.6 Å². The summed E-state index contributed by atoms with van der Waals surface area (Å²) < 4.78 is 3.62. The normalized spacial score (nSPS) is 10.9. The van der Waals surface area contributed by atoms with Crippen molar-refractivity contribution in [2.45, 2.75) is 6.54 Å². The van der Waals surface area contributed by atoms with Gasteiger partial charge in [0.15, 0.2) is 0 Å². The number of nitrogens with one attached hydrogen (secondary N) is 1. The second-order valence-electron chi connectivity index (χ2n) is 4.53. The fourth-order valence-corrected chi connectivity index (χ4v) is 2.23. The first-order chi connectivity index (χ1) is 9.63. The summed E-state index contributed by atoms with van der Waals surface area (Å²) in [6.07, 6.45) is 5.47. The second-order valence-corrected chi connectivity index (χ2v) is 4.97. The first-order valence-corrected chi connectivity index (χ1v) is 6.54. The van der Waals surface area contributed by atoms with Gasteiger partial charge in [-0.15, -0.1) is 0 Å². The Kier molecular flexibility index (Phi) is 3.20. The van der Waals surface area contributed by atoms with Crippen molar-refractivity contribution in [3.05, 3.63) is 59.3 Å². The Morgan fingerprint density at radius 1 is 1.35 bits per heavy atom. The van der Waals surface area contributed by atoms with Crippen molar-refractivity contribution >= 4 is 23.2 Å². The molecular weight excluding hydrogens is 276 g/mol. The number of aryl methyl sites for hydroxylation is 1. The molecule has 0 unspecified atom stereocenters. The zero-order valence-corrected chi connectivity index (χ0v) is 11.6. The van der Waals surface area contributed by atoms with E-state index in [1.165, 1.54) is 0 Å². The highest BCUT2D eigenvalue weighted by Crippen LogP contribution is 2.11. The molecule has 0 aliphatic carbocycles. The van der Waals surface area contributed by atoms with E-state index in [0.717, 1.165) is 11.3 Å². The van der Waals surface area contributed by atoms with Crippen molar-refractivity contribution in [2.24, 2.45) is 7.05 Å². The van der Waals surface area contributed by atoms with Gasteiger partial charge < -0.3 is 14.3 Å². The largest absolute Gasteiger partial charge is 0.347 e. The first-order valence-electron chi connectivity index (χ1n) is 6.16. The van der Waals surface area contributed by atoms with Crippen molar-refractivity contribution < 1.29 is 4.79 Å². The molecule has 3 heterocycles. The molecule has 0 radical (unpaired) electrons. The summed E-state index contributed by atoms with van der Waals surface area (Å²) in [5.74, 6) is -0.118. The smallest absolute Gasteiger partial charge is 0.268 e. The number of carbonyl (C=O) groups is 1. The van der Waals surface area contributed by atoms with Gasteiger partial charge in [-0.3, -0.25) is 4.79 Å². The van der Waals surface area contributed by atoms with Crippen LogP contribution in [0.1, 0.15) is 16.2 Å². The molecule has 102 valence electrons. The maximum atomic E-state index is 12.0. The minimum atomic E-state index is -0.118. The van der Waals surface area contributed by atoms with E-state index in [9.17, 15) is 4.79 Å². The molecule has 0 atom stereocenters. The van der Waals surface area contributed by atoms with E-state index in [-0.39, 0.29) is 5.91 Å². The van der Waals surface area contributed by atoms with Gasteiger partial charge in [0.05, 0.1) is 17.3 Å². The summed E-state index contributed by atoms with van der Waals surface area (Å²) in [5.41, 5.74) is 2.21. The Hall–Kier alpha value is -2.27. The summed E-state index contributed by atoms with van der Waals surface area (Å²) >= 11 is 5.92. The van der Waals surface area contributed by atoms with Crippen LogP contribution in [0, 0.1) is 0 Å². The standard InChI is InChI=1S/C14H13ClN4O/c1-18-6-2-3-12(18)14(20)16-7-11-9-19-8-10(15)4-5-13(19)17-11/h2-6,8-9H,7H2,1H3,(H,16,20). The number of halogens is 1. The molecule has 0 aromatic carbocycles. The van der Waals surface area contributed by atoms with Crippen LogP contribution in [-0.4, -0.2) is 19.9 Å². The average Bonchev–Trinajstić information content (AvgIpc) is 3.01. The monoisotopic (exact) mass is 288 g/mol. The molecule has 5 nitrogen and oxygen atoms in total. The van der Waals surface area contributed by atoms with Crippen molar-refractivity contribution in [3.63, 3.8) is 0 Å². The fraction of sp³-hybridized carbons (Fsp3) is 0.143. The van der Waals surface area contributed by atoms with Gasteiger partial charge >= 0.3 is 0 Å². The van der Waals surface area contributed by atoms with Crippen molar-refractivity contribution in [1.82, 2.24) is 19.3 Å². The molecule has 3 rings (SSSR count). The molecule has 20 heavy (non-hydrogen) atoms. The number of fused-ring (bicyclic) bond motifs is 1. The molecule has 0 fully saturated rings. The molecule has 0 saturated carbocycles. The number of imidazole rings is 1. The van der Waals surface area contributed by atoms with Gasteiger partial charge in [-0.05, 0) is 24.3 Å². The molecule has 0 bridgehead atoms. The lowest BCUT2D eigenvalue weighted by Crippen LogP contribution is -2.24. The molecule has 3 aromatic rings. The van der Waals surface area contributed by atoms with Crippen LogP contribution < -0.4 is 5.32 Å². The van der Waals surface area contributed by atoms with Crippen LogP contribution >= 0.6 is 11.6 Å². The highest BCUT2D eigenvalue weighted by molar-refractivity contribution is 6.30. The number of carbonyl (C=O) groups excluding carboxylic acids is 1. The molecule has 0 aliphatic rings. The summed E-state index contributed by atoms with van der Waals surface area (Å²) in [5, 5.41) is 3.50. The van der Waals surface area contributed by atoms with Crippen LogP contribution in [-0.2, 0) is 13.6 Å². The minimum absolute atomic E-state index is 0.118. The van der Waals surface area contributed by atoms with Crippen LogP contribution in [0.3, 0.4) is 0 Å². The Bertz CT molecular complexity index is 774. The topological polar surface area (TPSA) is 51.3 Å². The number of amides is 1. The van der Waals surface area contributed by atoms with Crippen LogP contribution in [0.2, 0.25) is 5.02 Å². The van der Waals surface area contributed by atoms with E-state index in [0.29, 0.717) is 17.3 Å². The molecule has 1 N–H and O–H groups in total. The van der Waals surface area contributed by atoms with Crippen molar-refractivity contribution in [1.29, 1.82) is 0 Å². The predicted octanol–water partition coefficient (Wildman–Crippen LogP) is 2.26. The van der Waals surface area contributed by atoms with E-state index in [2.05, 4.69) is 10.3 Å². The summed E-state index contributed by atoms with van der Waals surface area (Å²) in [6, 6.07) is 7.24. The van der Waals surface area contributed by atoms with Crippen LogP contribution in [0.5, 0.6) is 0 Å². The number of hydrogen-bond acceptors (Lipinski definition) is 2. The highest BCUT2D eigenvalue weighted by Gasteiger charge is 2.09. The zero-order chi connectivity index (χ0) is 14.1. The maximum Gasteiger partial charge on any atom is 0.268 e. The molecule has 1 amide bonds. The number of aromatic nitrogens is 3. The Balaban J connectivity index is 1.74. The van der Waals surface area contributed by atoms with Gasteiger partial charge in [0.2, 0.25) is 0 Å². The Morgan fingerprint density at radius 2 is 2.20 bits per heavy atom. The van der Waals surface area contributed by atoms with E-state index >= 15 is 0 Å². The quantitative estimate of drug-likeness (QED) is 0.804. The predicted molar refractivity (Wildman–Crippen MR) is 76.8 cm³/mol. The van der Waals surface area contributed by atoms with E-state index in [1.807, 2.05) is 36.0 Å². The van der Waals surface area contributed by atoms with E-state index in [1.54, 1.807) is 22.9 Å². The molecule has 3 aromatic heterocycles. The highest BCUT2D eigenvalue weighted by atomic mass is 35.5. The van der Waals surface area contributed by atoms with Gasteiger partial charge in [-0.1, -0.05) is 11.6 Å². The number of nitrogens with zero attached hydrogens (tertiary/aromatic N) is 3. The molecule has 0 aliphatic heterocycles. The fourth-order valence-electron chi connectivity index (χ4n) is 2.06. The second kappa shape index (κ2) is 5.02. The van der Waals surface area contributed by atoms with Gasteiger partial charge in [-0.2, -0.15) is 0 Å². The lowest BCUT2D eigenvalue weighted by Gasteiger charge is -2.03. The molecule has 6 heteroatoms. The van der Waals surface area contributed by atoms with Crippen LogP contribution in [0.15, 0.2) is 42.9 Å². The summed E-state index contributed by atoms with van der Waals surface area (Å²) in [7, 11) is 1.84. The maximum absolute atomic E-state index is 12.0. The number of rotatable bonds is 3. The average molecular weight is 289 g/mol. The molecule has 0 saturated heterocycles. The van der Waals surface area contributed by atoms with Crippen LogP contribution in [0.4, 0.5) is 0 Å². The first kappa shape index (κ1) is 12.7. The van der Waals surface area contributed by atoms with Crippen molar-refractivity contribution in [2.75, 3.05) is 0 Å². The summed E-state index contributed by atoms with van der Waals surface area (Å²) in [4.78, 5) is 16.4. The Labute approximate surface area is 120 Å². The lowest BCUT2D eigenvalue weighted by molar-refractivity contribution is 0.0942. The van der Waals surface area contributed by atoms with E-state index in [4.69, 9.17) is 11.6 Å². The Morgan fingerprint density at radius 3 is 2.95 bits per heavy atom. The number of hydrogen-bond donors (Lipinski definition) is 1. The van der Waals surface area contributed by atoms with Crippen LogP contribution in [0.25, 0.3) is 5.65 Å². The number of pyridine rings is 1. The minimum Gasteiger partial charge on any atom is -0.347 e. The van der Waals surface area contributed by atoms with Crippen molar-refractivity contribution in [3.8, 4) is 0 Å². The SMILES string of the molecule is Cn1cccc1C(=O)NCc1cn2cc(Cl)ccc2n1. The lowest BCUT2D eigenvalue weighted by atomic mass is 10.4.